The van der Waals surface area contributed by atoms with Crippen molar-refractivity contribution in [1.82, 2.24) is 15.0 Å². The summed E-state index contributed by atoms with van der Waals surface area (Å²) in [6.07, 6.45) is 1.42. The lowest BCUT2D eigenvalue weighted by Crippen LogP contribution is -1.99. The fourth-order valence-corrected chi connectivity index (χ4v) is 1.75. The largest absolute Gasteiger partial charge is 0.455 e. The van der Waals surface area contributed by atoms with Crippen molar-refractivity contribution in [2.45, 2.75) is 0 Å². The molecule has 20 heavy (non-hydrogen) atoms. The van der Waals surface area contributed by atoms with Crippen molar-refractivity contribution in [3.63, 3.8) is 0 Å². The van der Waals surface area contributed by atoms with Crippen LogP contribution in [0.1, 0.15) is 0 Å². The molecule has 0 unspecified atom stereocenters. The molecule has 8 nitrogen and oxygen atoms in total. The van der Waals surface area contributed by atoms with Crippen molar-refractivity contribution in [3.05, 3.63) is 57.1 Å². The highest BCUT2D eigenvalue weighted by molar-refractivity contribution is 5.71. The quantitative estimate of drug-likeness (QED) is 0.558. The number of aromatic nitrogens is 3. The number of nitro groups is 1. The number of ether oxygens (including phenoxy) is 1. The minimum atomic E-state index is -0.502. The van der Waals surface area contributed by atoms with Crippen LogP contribution in [0.4, 0.5) is 5.69 Å². The van der Waals surface area contributed by atoms with Crippen LogP contribution in [0.2, 0.25) is 0 Å². The summed E-state index contributed by atoms with van der Waals surface area (Å²) in [7, 11) is 0. The van der Waals surface area contributed by atoms with Gasteiger partial charge in [-0.1, -0.05) is 6.07 Å². The van der Waals surface area contributed by atoms with Gasteiger partial charge in [-0.3, -0.25) is 15.1 Å². The lowest BCUT2D eigenvalue weighted by Gasteiger charge is -2.04. The number of rotatable bonds is 3. The van der Waals surface area contributed by atoms with Gasteiger partial charge >= 0.3 is 5.69 Å². The fourth-order valence-electron chi connectivity index (χ4n) is 1.75. The van der Waals surface area contributed by atoms with Crippen LogP contribution in [0, 0.1) is 10.1 Å². The first-order valence-corrected chi connectivity index (χ1v) is 5.62. The number of pyridine rings is 1. The number of fused-ring (bicyclic) bond motifs is 1. The summed E-state index contributed by atoms with van der Waals surface area (Å²) in [4.78, 5) is 30.4. The van der Waals surface area contributed by atoms with Crippen LogP contribution in [-0.4, -0.2) is 19.9 Å². The fraction of sp³-hybridized carbons (Fsp3) is 0. The number of nitrogens with zero attached hydrogens (tertiary/aromatic N) is 2. The molecule has 0 amide bonds. The molecule has 0 saturated carbocycles. The summed E-state index contributed by atoms with van der Waals surface area (Å²) < 4.78 is 5.48. The van der Waals surface area contributed by atoms with E-state index in [0.717, 1.165) is 0 Å². The van der Waals surface area contributed by atoms with Gasteiger partial charge in [-0.25, -0.2) is 9.78 Å². The lowest BCUT2D eigenvalue weighted by molar-refractivity contribution is -0.384. The van der Waals surface area contributed by atoms with Crippen LogP contribution < -0.4 is 10.4 Å². The van der Waals surface area contributed by atoms with Crippen LogP contribution in [0.25, 0.3) is 11.2 Å². The number of hydrogen-bond donors (Lipinski definition) is 2. The number of benzene rings is 1. The van der Waals surface area contributed by atoms with Crippen LogP contribution in [0.5, 0.6) is 11.5 Å². The molecule has 0 aliphatic carbocycles. The Kier molecular flexibility index (Phi) is 2.68. The Morgan fingerprint density at radius 2 is 2.05 bits per heavy atom. The van der Waals surface area contributed by atoms with Crippen molar-refractivity contribution in [2.24, 2.45) is 0 Å². The molecule has 0 atom stereocenters. The first-order valence-electron chi connectivity index (χ1n) is 5.62. The van der Waals surface area contributed by atoms with E-state index in [0.29, 0.717) is 22.7 Å². The van der Waals surface area contributed by atoms with Crippen molar-refractivity contribution < 1.29 is 9.66 Å². The number of hydrogen-bond acceptors (Lipinski definition) is 5. The van der Waals surface area contributed by atoms with Gasteiger partial charge in [0.1, 0.15) is 11.5 Å². The van der Waals surface area contributed by atoms with E-state index in [4.69, 9.17) is 4.74 Å². The molecule has 100 valence electrons. The molecule has 3 aromatic rings. The Morgan fingerprint density at radius 1 is 1.20 bits per heavy atom. The predicted octanol–water partition coefficient (Wildman–Crippen LogP) is 1.95. The lowest BCUT2D eigenvalue weighted by atomic mass is 10.3. The van der Waals surface area contributed by atoms with Gasteiger partial charge < -0.3 is 9.72 Å². The van der Waals surface area contributed by atoms with E-state index in [-0.39, 0.29) is 11.4 Å². The van der Waals surface area contributed by atoms with Gasteiger partial charge in [0, 0.05) is 12.1 Å². The molecule has 3 rings (SSSR count). The third-order valence-electron chi connectivity index (χ3n) is 2.61. The molecular weight excluding hydrogens is 264 g/mol. The number of non-ortho nitro benzene ring substituents is 1. The van der Waals surface area contributed by atoms with E-state index >= 15 is 0 Å². The average Bonchev–Trinajstić information content (AvgIpc) is 2.78. The van der Waals surface area contributed by atoms with Crippen molar-refractivity contribution in [2.75, 3.05) is 0 Å². The summed E-state index contributed by atoms with van der Waals surface area (Å²) in [6, 6.07) is 7.38. The molecule has 0 spiro atoms. The summed E-state index contributed by atoms with van der Waals surface area (Å²) >= 11 is 0. The first-order chi connectivity index (χ1) is 9.61. The van der Waals surface area contributed by atoms with Gasteiger partial charge in [0.15, 0.2) is 5.65 Å². The monoisotopic (exact) mass is 272 g/mol. The van der Waals surface area contributed by atoms with E-state index in [1.807, 2.05) is 0 Å². The van der Waals surface area contributed by atoms with Gasteiger partial charge in [0.25, 0.3) is 5.69 Å². The van der Waals surface area contributed by atoms with Gasteiger partial charge in [0.05, 0.1) is 22.7 Å². The minimum absolute atomic E-state index is 0.0633. The Balaban J connectivity index is 1.94. The highest BCUT2D eigenvalue weighted by Gasteiger charge is 2.08. The second-order valence-electron chi connectivity index (χ2n) is 4.00. The van der Waals surface area contributed by atoms with E-state index in [9.17, 15) is 14.9 Å². The Hall–Kier alpha value is -3.16. The molecule has 2 heterocycles. The number of imidazole rings is 1. The maximum Gasteiger partial charge on any atom is 0.325 e. The van der Waals surface area contributed by atoms with Crippen molar-refractivity contribution >= 4 is 16.9 Å². The molecule has 2 aromatic heterocycles. The van der Waals surface area contributed by atoms with Gasteiger partial charge in [-0.05, 0) is 6.07 Å². The van der Waals surface area contributed by atoms with E-state index in [2.05, 4.69) is 15.0 Å². The number of aromatic amines is 2. The Morgan fingerprint density at radius 3 is 2.85 bits per heavy atom. The topological polar surface area (TPSA) is 114 Å². The smallest absolute Gasteiger partial charge is 0.325 e. The SMILES string of the molecule is O=c1[nH]c2cc(Oc3cccc([N+](=O)[O-])c3)cnc2[nH]1. The molecule has 0 fully saturated rings. The molecular formula is C12H8N4O4. The zero-order chi connectivity index (χ0) is 14.1. The summed E-state index contributed by atoms with van der Waals surface area (Å²) in [5, 5.41) is 10.7. The summed E-state index contributed by atoms with van der Waals surface area (Å²) in [5.74, 6) is 0.687. The van der Waals surface area contributed by atoms with Crippen molar-refractivity contribution in [3.8, 4) is 11.5 Å². The zero-order valence-corrected chi connectivity index (χ0v) is 9.99. The van der Waals surface area contributed by atoms with Gasteiger partial charge in [0.2, 0.25) is 0 Å². The molecule has 0 aliphatic rings. The van der Waals surface area contributed by atoms with E-state index < -0.39 is 4.92 Å². The second-order valence-corrected chi connectivity index (χ2v) is 4.00. The minimum Gasteiger partial charge on any atom is -0.455 e. The maximum absolute atomic E-state index is 11.1. The first kappa shape index (κ1) is 11.9. The zero-order valence-electron chi connectivity index (χ0n) is 9.99. The normalized spacial score (nSPS) is 10.6. The van der Waals surface area contributed by atoms with Crippen LogP contribution >= 0.6 is 0 Å². The van der Waals surface area contributed by atoms with E-state index in [1.165, 1.54) is 24.4 Å². The highest BCUT2D eigenvalue weighted by Crippen LogP contribution is 2.25. The molecule has 0 bridgehead atoms. The third-order valence-corrected chi connectivity index (χ3v) is 2.61. The second kappa shape index (κ2) is 4.50. The van der Waals surface area contributed by atoms with Crippen LogP contribution in [0.3, 0.4) is 0 Å². The van der Waals surface area contributed by atoms with Gasteiger partial charge in [-0.2, -0.15) is 0 Å². The third kappa shape index (κ3) is 2.21. The molecule has 0 aliphatic heterocycles. The summed E-state index contributed by atoms with van der Waals surface area (Å²) in [6.45, 7) is 0. The molecule has 0 radical (unpaired) electrons. The van der Waals surface area contributed by atoms with Crippen LogP contribution in [0.15, 0.2) is 41.3 Å². The molecule has 0 saturated heterocycles. The standard InChI is InChI=1S/C12H8N4O4/c17-12-14-10-5-9(6-13-11(10)15-12)20-8-3-1-2-7(4-8)16(18)19/h1-6H,(H2,13,14,15,17). The number of nitro benzene ring substituents is 1. The summed E-state index contributed by atoms with van der Waals surface area (Å²) in [5.41, 5.74) is 0.492. The number of nitrogens with one attached hydrogen (secondary N) is 2. The average molecular weight is 272 g/mol. The highest BCUT2D eigenvalue weighted by atomic mass is 16.6. The molecule has 2 N–H and O–H groups in total. The van der Waals surface area contributed by atoms with Crippen LogP contribution in [-0.2, 0) is 0 Å². The number of H-pyrrole nitrogens is 2. The molecule has 8 heteroatoms. The Labute approximate surface area is 111 Å². The van der Waals surface area contributed by atoms with Gasteiger partial charge in [-0.15, -0.1) is 0 Å². The predicted molar refractivity (Wildman–Crippen MR) is 69.9 cm³/mol. The maximum atomic E-state index is 11.1. The molecule has 1 aromatic carbocycles. The van der Waals surface area contributed by atoms with Crippen molar-refractivity contribution in [1.29, 1.82) is 0 Å². The van der Waals surface area contributed by atoms with E-state index in [1.54, 1.807) is 12.1 Å². The Bertz CT molecular complexity index is 852.